The first-order valence-electron chi connectivity index (χ1n) is 7.62. The van der Waals surface area contributed by atoms with Crippen molar-refractivity contribution < 1.29 is 14.7 Å². The molecule has 0 saturated carbocycles. The van der Waals surface area contributed by atoms with Gasteiger partial charge in [-0.3, -0.25) is 9.59 Å². The van der Waals surface area contributed by atoms with Gasteiger partial charge >= 0.3 is 5.97 Å². The van der Waals surface area contributed by atoms with E-state index >= 15 is 0 Å². The number of carboxylic acid groups (broad SMARTS) is 1. The van der Waals surface area contributed by atoms with Crippen molar-refractivity contribution in [1.29, 1.82) is 0 Å². The van der Waals surface area contributed by atoms with Crippen molar-refractivity contribution in [2.45, 2.75) is 38.6 Å². The van der Waals surface area contributed by atoms with Gasteiger partial charge in [0.05, 0.1) is 17.0 Å². The van der Waals surface area contributed by atoms with Crippen molar-refractivity contribution in [1.82, 2.24) is 9.88 Å². The Hall–Kier alpha value is -2.01. The number of carbonyl (C=O) groups excluding carboxylic acids is 1. The number of rotatable bonds is 6. The molecule has 6 heteroatoms. The van der Waals surface area contributed by atoms with E-state index in [1.165, 1.54) is 0 Å². The van der Waals surface area contributed by atoms with E-state index in [9.17, 15) is 9.59 Å². The van der Waals surface area contributed by atoms with Gasteiger partial charge in [0, 0.05) is 18.0 Å². The Bertz CT molecular complexity index is 709. The maximum absolute atomic E-state index is 12.8. The van der Waals surface area contributed by atoms with Crippen LogP contribution in [-0.2, 0) is 11.8 Å². The third-order valence-electron chi connectivity index (χ3n) is 4.48. The highest BCUT2D eigenvalue weighted by molar-refractivity contribution is 6.38. The van der Waals surface area contributed by atoms with Crippen LogP contribution in [0.25, 0.3) is 10.9 Å². The van der Waals surface area contributed by atoms with Gasteiger partial charge in [-0.2, -0.15) is 0 Å². The number of aromatic nitrogens is 1. The fraction of sp³-hybridized carbons (Fsp3) is 0.412. The van der Waals surface area contributed by atoms with E-state index < -0.39 is 11.5 Å². The number of hydrogen-bond acceptors (Lipinski definition) is 2. The minimum Gasteiger partial charge on any atom is -0.481 e. The molecule has 23 heavy (non-hydrogen) atoms. The molecule has 1 heterocycles. The van der Waals surface area contributed by atoms with Crippen molar-refractivity contribution in [2.24, 2.45) is 7.05 Å². The number of nitrogens with one attached hydrogen (secondary N) is 1. The van der Waals surface area contributed by atoms with E-state index in [0.29, 0.717) is 23.6 Å². The molecule has 5 nitrogen and oxygen atoms in total. The van der Waals surface area contributed by atoms with E-state index in [4.69, 9.17) is 16.7 Å². The van der Waals surface area contributed by atoms with Gasteiger partial charge in [-0.25, -0.2) is 0 Å². The van der Waals surface area contributed by atoms with Crippen molar-refractivity contribution in [3.8, 4) is 0 Å². The molecule has 0 aliphatic rings. The Labute approximate surface area is 140 Å². The number of benzene rings is 1. The Balaban J connectivity index is 2.42. The summed E-state index contributed by atoms with van der Waals surface area (Å²) in [6.45, 7) is 3.74. The number of fused-ring (bicyclic) bond motifs is 1. The van der Waals surface area contributed by atoms with Gasteiger partial charge in [0.1, 0.15) is 5.69 Å². The maximum atomic E-state index is 12.8. The number of halogens is 1. The Morgan fingerprint density at radius 1 is 1.26 bits per heavy atom. The zero-order chi connectivity index (χ0) is 17.2. The molecule has 0 atom stereocenters. The molecule has 0 unspecified atom stereocenters. The van der Waals surface area contributed by atoms with Crippen LogP contribution in [0.3, 0.4) is 0 Å². The zero-order valence-corrected chi connectivity index (χ0v) is 14.3. The predicted molar refractivity (Wildman–Crippen MR) is 91.0 cm³/mol. The van der Waals surface area contributed by atoms with E-state index in [0.717, 1.165) is 10.9 Å². The van der Waals surface area contributed by atoms with Crippen LogP contribution in [0.2, 0.25) is 5.02 Å². The minimum atomic E-state index is -0.933. The summed E-state index contributed by atoms with van der Waals surface area (Å²) in [5, 5.41) is 13.2. The van der Waals surface area contributed by atoms with Gasteiger partial charge in [-0.15, -0.1) is 0 Å². The molecule has 0 radical (unpaired) electrons. The van der Waals surface area contributed by atoms with Crippen LogP contribution < -0.4 is 5.32 Å². The lowest BCUT2D eigenvalue weighted by Gasteiger charge is -2.31. The molecule has 2 N–H and O–H groups in total. The highest BCUT2D eigenvalue weighted by Crippen LogP contribution is 2.30. The monoisotopic (exact) mass is 336 g/mol. The summed E-state index contributed by atoms with van der Waals surface area (Å²) in [6.07, 6.45) is 0.944. The van der Waals surface area contributed by atoms with Gasteiger partial charge < -0.3 is 15.0 Å². The first kappa shape index (κ1) is 17.3. The van der Waals surface area contributed by atoms with E-state index in [2.05, 4.69) is 5.32 Å². The summed E-state index contributed by atoms with van der Waals surface area (Å²) in [7, 11) is 1.78. The highest BCUT2D eigenvalue weighted by Gasteiger charge is 2.33. The average Bonchev–Trinajstić information content (AvgIpc) is 2.78. The van der Waals surface area contributed by atoms with Gasteiger partial charge in [-0.05, 0) is 18.9 Å². The fourth-order valence-corrected chi connectivity index (χ4v) is 3.28. The van der Waals surface area contributed by atoms with Crippen LogP contribution in [0, 0.1) is 0 Å². The summed E-state index contributed by atoms with van der Waals surface area (Å²) < 4.78 is 1.74. The Kier molecular flexibility index (Phi) is 5.00. The van der Waals surface area contributed by atoms with Crippen LogP contribution in [0.1, 0.15) is 43.6 Å². The number of carboxylic acids is 1. The number of carbonyl (C=O) groups is 2. The van der Waals surface area contributed by atoms with E-state index in [1.807, 2.05) is 38.1 Å². The lowest BCUT2D eigenvalue weighted by atomic mass is 9.89. The molecule has 1 aromatic heterocycles. The van der Waals surface area contributed by atoms with Crippen LogP contribution in [0.4, 0.5) is 0 Å². The summed E-state index contributed by atoms with van der Waals surface area (Å²) in [4.78, 5) is 23.9. The molecule has 0 bridgehead atoms. The molecule has 0 aliphatic carbocycles. The third-order valence-corrected chi connectivity index (χ3v) is 4.86. The summed E-state index contributed by atoms with van der Waals surface area (Å²) in [6, 6.07) is 7.50. The highest BCUT2D eigenvalue weighted by atomic mass is 35.5. The Morgan fingerprint density at radius 3 is 2.39 bits per heavy atom. The summed E-state index contributed by atoms with van der Waals surface area (Å²) in [5.74, 6) is -1.28. The van der Waals surface area contributed by atoms with Gasteiger partial charge in [0.2, 0.25) is 0 Å². The van der Waals surface area contributed by atoms with E-state index in [1.54, 1.807) is 11.6 Å². The van der Waals surface area contributed by atoms with Crippen LogP contribution >= 0.6 is 11.6 Å². The lowest BCUT2D eigenvalue weighted by molar-refractivity contribution is -0.138. The fourth-order valence-electron chi connectivity index (χ4n) is 2.91. The van der Waals surface area contributed by atoms with Gasteiger partial charge in [-0.1, -0.05) is 43.6 Å². The smallest absolute Gasteiger partial charge is 0.305 e. The summed E-state index contributed by atoms with van der Waals surface area (Å²) in [5.41, 5.74) is 0.437. The van der Waals surface area contributed by atoms with E-state index in [-0.39, 0.29) is 12.3 Å². The zero-order valence-electron chi connectivity index (χ0n) is 13.5. The second-order valence-corrected chi connectivity index (χ2v) is 6.13. The first-order chi connectivity index (χ1) is 10.8. The quantitative estimate of drug-likeness (QED) is 0.846. The van der Waals surface area contributed by atoms with Crippen LogP contribution in [0.5, 0.6) is 0 Å². The second-order valence-electron chi connectivity index (χ2n) is 5.75. The van der Waals surface area contributed by atoms with Crippen molar-refractivity contribution in [3.63, 3.8) is 0 Å². The minimum absolute atomic E-state index is 0.118. The number of amides is 1. The standard InChI is InChI=1S/C17H21ClN2O3/c1-4-17(5-2,10-13(21)22)19-16(23)15-14(18)11-8-6-7-9-12(11)20(15)3/h6-9H,4-5,10H2,1-3H3,(H,19,23)(H,21,22). The van der Waals surface area contributed by atoms with Gasteiger partial charge in [0.15, 0.2) is 0 Å². The molecular formula is C17H21ClN2O3. The number of nitrogens with zero attached hydrogens (tertiary/aromatic N) is 1. The first-order valence-corrected chi connectivity index (χ1v) is 8.00. The van der Waals surface area contributed by atoms with Crippen LogP contribution in [0.15, 0.2) is 24.3 Å². The second kappa shape index (κ2) is 6.62. The molecule has 1 amide bonds. The van der Waals surface area contributed by atoms with Gasteiger partial charge in [0.25, 0.3) is 5.91 Å². The number of para-hydroxylation sites is 1. The molecule has 124 valence electrons. The number of hydrogen-bond donors (Lipinski definition) is 2. The van der Waals surface area contributed by atoms with Crippen molar-refractivity contribution in [2.75, 3.05) is 0 Å². The SMILES string of the molecule is CCC(CC)(CC(=O)O)NC(=O)c1c(Cl)c2ccccc2n1C. The Morgan fingerprint density at radius 2 is 1.87 bits per heavy atom. The molecule has 1 aromatic carbocycles. The summed E-state index contributed by atoms with van der Waals surface area (Å²) >= 11 is 6.38. The molecular weight excluding hydrogens is 316 g/mol. The largest absolute Gasteiger partial charge is 0.481 e. The topological polar surface area (TPSA) is 71.3 Å². The molecule has 2 rings (SSSR count). The van der Waals surface area contributed by atoms with Crippen LogP contribution in [-0.4, -0.2) is 27.1 Å². The predicted octanol–water partition coefficient (Wildman–Crippen LogP) is 3.60. The van der Waals surface area contributed by atoms with Crippen molar-refractivity contribution in [3.05, 3.63) is 35.0 Å². The molecule has 0 aliphatic heterocycles. The normalized spacial score (nSPS) is 11.7. The van der Waals surface area contributed by atoms with Crippen molar-refractivity contribution >= 4 is 34.4 Å². The lowest BCUT2D eigenvalue weighted by Crippen LogP contribution is -2.49. The number of aryl methyl sites for hydroxylation is 1. The third kappa shape index (κ3) is 3.20. The molecule has 0 fully saturated rings. The molecule has 0 saturated heterocycles. The molecule has 0 spiro atoms. The number of aliphatic carboxylic acids is 1. The maximum Gasteiger partial charge on any atom is 0.305 e. The molecule has 2 aromatic rings. The average molecular weight is 337 g/mol.